The Labute approximate surface area is 183 Å². The largest absolute Gasteiger partial charge is 0.0651 e. The van der Waals surface area contributed by atoms with Crippen molar-refractivity contribution in [2.75, 3.05) is 0 Å². The van der Waals surface area contributed by atoms with Crippen molar-refractivity contribution in [3.63, 3.8) is 0 Å². The second kappa shape index (κ2) is 8.16. The van der Waals surface area contributed by atoms with Crippen LogP contribution in [0.25, 0.3) is 0 Å². The summed E-state index contributed by atoms with van der Waals surface area (Å²) < 4.78 is 0. The van der Waals surface area contributed by atoms with Crippen LogP contribution in [0.15, 0.2) is 0 Å². The van der Waals surface area contributed by atoms with Crippen LogP contribution in [-0.4, -0.2) is 0 Å². The van der Waals surface area contributed by atoms with E-state index in [2.05, 4.69) is 48.5 Å². The standard InChI is InChI=1S/C29H52/c1-8-19(2)9-10-21(4)24-11-12-25-23-18-22(5)27-17-20(3)13-15-29(27,7)26(23)14-16-28(24,25)6/h19-27H,8-18H2,1-7H3. The van der Waals surface area contributed by atoms with Crippen molar-refractivity contribution >= 4 is 0 Å². The van der Waals surface area contributed by atoms with E-state index >= 15 is 0 Å². The van der Waals surface area contributed by atoms with Crippen molar-refractivity contribution in [3.05, 3.63) is 0 Å². The summed E-state index contributed by atoms with van der Waals surface area (Å²) in [7, 11) is 0. The summed E-state index contributed by atoms with van der Waals surface area (Å²) in [5.41, 5.74) is 1.32. The van der Waals surface area contributed by atoms with Gasteiger partial charge in [0.25, 0.3) is 0 Å². The molecule has 11 unspecified atom stereocenters. The quantitative estimate of drug-likeness (QED) is 0.432. The van der Waals surface area contributed by atoms with Crippen molar-refractivity contribution < 1.29 is 0 Å². The normalized spacial score (nSPS) is 51.6. The minimum absolute atomic E-state index is 0.654. The third kappa shape index (κ3) is 3.65. The Bertz CT molecular complexity index is 564. The molecule has 0 N–H and O–H groups in total. The molecule has 0 radical (unpaired) electrons. The molecule has 0 nitrogen and oxygen atoms in total. The zero-order valence-electron chi connectivity index (χ0n) is 21.0. The van der Waals surface area contributed by atoms with Gasteiger partial charge in [-0.05, 0) is 109 Å². The summed E-state index contributed by atoms with van der Waals surface area (Å²) in [6.07, 6.45) is 16.6. The number of rotatable bonds is 5. The predicted octanol–water partition coefficient (Wildman–Crippen LogP) is 8.99. The lowest BCUT2D eigenvalue weighted by atomic mass is 9.42. The summed E-state index contributed by atoms with van der Waals surface area (Å²) in [5, 5.41) is 0. The molecule has 11 atom stereocenters. The Balaban J connectivity index is 1.51. The second-order valence-electron chi connectivity index (χ2n) is 13.4. The van der Waals surface area contributed by atoms with Gasteiger partial charge in [-0.3, -0.25) is 0 Å². The van der Waals surface area contributed by atoms with Crippen LogP contribution in [0.2, 0.25) is 0 Å². The van der Waals surface area contributed by atoms with Gasteiger partial charge < -0.3 is 0 Å². The van der Waals surface area contributed by atoms with E-state index in [0.29, 0.717) is 10.8 Å². The highest BCUT2D eigenvalue weighted by atomic mass is 14.7. The molecular formula is C29H52. The van der Waals surface area contributed by atoms with Gasteiger partial charge in [0.1, 0.15) is 0 Å². The lowest BCUT2D eigenvalue weighted by Gasteiger charge is -2.63. The van der Waals surface area contributed by atoms with Gasteiger partial charge in [-0.15, -0.1) is 0 Å². The van der Waals surface area contributed by atoms with E-state index in [4.69, 9.17) is 0 Å². The smallest absolute Gasteiger partial charge is 0.0264 e. The number of fused-ring (bicyclic) bond motifs is 5. The first-order valence-electron chi connectivity index (χ1n) is 13.7. The average Bonchev–Trinajstić information content (AvgIpc) is 3.05. The Hall–Kier alpha value is 0. The number of hydrogen-bond acceptors (Lipinski definition) is 0. The second-order valence-corrected chi connectivity index (χ2v) is 13.4. The van der Waals surface area contributed by atoms with Crippen LogP contribution in [0.5, 0.6) is 0 Å². The summed E-state index contributed by atoms with van der Waals surface area (Å²) in [4.78, 5) is 0. The van der Waals surface area contributed by atoms with E-state index in [-0.39, 0.29) is 0 Å². The van der Waals surface area contributed by atoms with E-state index in [1.807, 2.05) is 0 Å². The Kier molecular flexibility index (Phi) is 6.25. The molecule has 29 heavy (non-hydrogen) atoms. The first kappa shape index (κ1) is 22.2. The molecule has 4 rings (SSSR count). The summed E-state index contributed by atoms with van der Waals surface area (Å²) in [6, 6.07) is 0. The van der Waals surface area contributed by atoms with Crippen molar-refractivity contribution in [1.82, 2.24) is 0 Å². The van der Waals surface area contributed by atoms with Crippen LogP contribution in [0.4, 0.5) is 0 Å². The molecule has 0 aromatic heterocycles. The highest BCUT2D eigenvalue weighted by molar-refractivity contribution is 5.10. The lowest BCUT2D eigenvalue weighted by Crippen LogP contribution is -2.55. The van der Waals surface area contributed by atoms with Crippen LogP contribution in [0.3, 0.4) is 0 Å². The van der Waals surface area contributed by atoms with Gasteiger partial charge in [-0.25, -0.2) is 0 Å². The minimum atomic E-state index is 0.654. The molecule has 0 aliphatic heterocycles. The van der Waals surface area contributed by atoms with Crippen LogP contribution < -0.4 is 0 Å². The fourth-order valence-electron chi connectivity index (χ4n) is 9.86. The number of hydrogen-bond donors (Lipinski definition) is 0. The van der Waals surface area contributed by atoms with Gasteiger partial charge >= 0.3 is 0 Å². The van der Waals surface area contributed by atoms with Crippen molar-refractivity contribution in [2.24, 2.45) is 64.1 Å². The molecule has 0 aromatic carbocycles. The molecule has 4 saturated carbocycles. The molecule has 4 aliphatic rings. The Morgan fingerprint density at radius 2 is 1.48 bits per heavy atom. The van der Waals surface area contributed by atoms with E-state index < -0.39 is 0 Å². The molecule has 4 fully saturated rings. The topological polar surface area (TPSA) is 0 Å². The van der Waals surface area contributed by atoms with Gasteiger partial charge in [0, 0.05) is 0 Å². The summed E-state index contributed by atoms with van der Waals surface area (Å²) in [5.74, 6) is 8.95. The highest BCUT2D eigenvalue weighted by Gasteiger charge is 2.61. The first-order valence-corrected chi connectivity index (χ1v) is 13.7. The predicted molar refractivity (Wildman–Crippen MR) is 127 cm³/mol. The molecule has 0 aromatic rings. The average molecular weight is 401 g/mol. The maximum atomic E-state index is 2.76. The molecule has 0 saturated heterocycles. The van der Waals surface area contributed by atoms with Gasteiger partial charge in [0.2, 0.25) is 0 Å². The van der Waals surface area contributed by atoms with Crippen molar-refractivity contribution in [3.8, 4) is 0 Å². The van der Waals surface area contributed by atoms with E-state index in [1.54, 1.807) is 25.7 Å². The maximum Gasteiger partial charge on any atom is -0.0264 e. The SMILES string of the molecule is CCC(C)CCC(C)C1CCC2C3CC(C)C4CC(C)CCC4(C)C3CCC12C. The molecule has 4 aliphatic carbocycles. The van der Waals surface area contributed by atoms with Crippen LogP contribution in [0, 0.1) is 64.1 Å². The fraction of sp³-hybridized carbons (Fsp3) is 1.00. The van der Waals surface area contributed by atoms with E-state index in [0.717, 1.165) is 53.3 Å². The molecule has 0 amide bonds. The highest BCUT2D eigenvalue weighted by Crippen LogP contribution is 2.69. The molecule has 0 bridgehead atoms. The van der Waals surface area contributed by atoms with Gasteiger partial charge in [0.05, 0.1) is 0 Å². The monoisotopic (exact) mass is 400 g/mol. The fourth-order valence-corrected chi connectivity index (χ4v) is 9.86. The molecular weight excluding hydrogens is 348 g/mol. The summed E-state index contributed by atoms with van der Waals surface area (Å²) >= 11 is 0. The molecule has 0 heteroatoms. The van der Waals surface area contributed by atoms with Crippen LogP contribution in [0.1, 0.15) is 119 Å². The van der Waals surface area contributed by atoms with Crippen molar-refractivity contribution in [1.29, 1.82) is 0 Å². The van der Waals surface area contributed by atoms with Gasteiger partial charge in [-0.2, -0.15) is 0 Å². The maximum absolute atomic E-state index is 2.76. The van der Waals surface area contributed by atoms with Crippen LogP contribution >= 0.6 is 0 Å². The van der Waals surface area contributed by atoms with Crippen molar-refractivity contribution in [2.45, 2.75) is 119 Å². The molecule has 0 heterocycles. The van der Waals surface area contributed by atoms with Gasteiger partial charge in [-0.1, -0.05) is 74.1 Å². The van der Waals surface area contributed by atoms with E-state index in [9.17, 15) is 0 Å². The third-order valence-corrected chi connectivity index (χ3v) is 11.9. The Morgan fingerprint density at radius 3 is 2.21 bits per heavy atom. The zero-order chi connectivity index (χ0) is 21.0. The Morgan fingerprint density at radius 1 is 0.793 bits per heavy atom. The zero-order valence-corrected chi connectivity index (χ0v) is 21.0. The molecule has 0 spiro atoms. The van der Waals surface area contributed by atoms with Crippen LogP contribution in [-0.2, 0) is 0 Å². The molecule has 168 valence electrons. The first-order chi connectivity index (χ1) is 13.7. The summed E-state index contributed by atoms with van der Waals surface area (Å²) in [6.45, 7) is 18.1. The van der Waals surface area contributed by atoms with E-state index in [1.165, 1.54) is 44.9 Å². The van der Waals surface area contributed by atoms with Gasteiger partial charge in [0.15, 0.2) is 0 Å². The lowest BCUT2D eigenvalue weighted by molar-refractivity contribution is -0.140. The third-order valence-electron chi connectivity index (χ3n) is 11.9. The minimum Gasteiger partial charge on any atom is -0.0651 e.